The molecule has 1 fully saturated rings. The third-order valence-corrected chi connectivity index (χ3v) is 7.53. The minimum Gasteiger partial charge on any atom is -0.506 e. The number of para-hydroxylation sites is 1. The number of nitrogens with one attached hydrogen (secondary N) is 1. The Balaban J connectivity index is 1.65. The number of aryl methyl sites for hydroxylation is 1. The number of benzene rings is 2. The minimum atomic E-state index is -4.24. The first-order chi connectivity index (χ1) is 16.2. The molecule has 2 N–H and O–H groups in total. The van der Waals surface area contributed by atoms with Gasteiger partial charge < -0.3 is 19.9 Å². The molecule has 1 saturated carbocycles. The van der Waals surface area contributed by atoms with Gasteiger partial charge in [-0.15, -0.1) is 4.40 Å². The number of aromatic nitrogens is 1. The van der Waals surface area contributed by atoms with Gasteiger partial charge in [0, 0.05) is 31.6 Å². The van der Waals surface area contributed by atoms with Gasteiger partial charge in [0.25, 0.3) is 21.5 Å². The summed E-state index contributed by atoms with van der Waals surface area (Å²) in [5.74, 6) is -0.335. The third-order valence-electron chi connectivity index (χ3n) is 6.22. The van der Waals surface area contributed by atoms with Crippen LogP contribution < -0.4 is 10.9 Å². The molecule has 10 heteroatoms. The van der Waals surface area contributed by atoms with Gasteiger partial charge in [0.05, 0.1) is 11.2 Å². The molecule has 0 unspecified atom stereocenters. The summed E-state index contributed by atoms with van der Waals surface area (Å²) in [5, 5.41) is 14.3. The van der Waals surface area contributed by atoms with Crippen molar-refractivity contribution in [3.63, 3.8) is 0 Å². The standard InChI is InChI=1S/C24H24N4O5S/c1-27(2)23(30)15-9-10-17-19(13-15)34(32,33)26-22(25-17)20-21(29)16-5-3-4-6-18(16)28(24(20)31)12-11-14-7-8-14/h3-6,9-10,13-14,29H,7-8,11-12H2,1-2H3,(H,25,26). The normalized spacial score (nSPS) is 16.5. The van der Waals surface area contributed by atoms with E-state index < -0.39 is 15.6 Å². The maximum atomic E-state index is 13.5. The van der Waals surface area contributed by atoms with Crippen molar-refractivity contribution in [2.24, 2.45) is 10.3 Å². The van der Waals surface area contributed by atoms with E-state index in [1.165, 1.54) is 23.1 Å². The van der Waals surface area contributed by atoms with Crippen molar-refractivity contribution in [2.75, 3.05) is 19.4 Å². The molecule has 1 aromatic heterocycles. The molecule has 1 aliphatic carbocycles. The molecule has 34 heavy (non-hydrogen) atoms. The molecule has 3 aromatic rings. The first kappa shape index (κ1) is 22.1. The Morgan fingerprint density at radius 3 is 2.65 bits per heavy atom. The molecule has 1 amide bonds. The second-order valence-corrected chi connectivity index (χ2v) is 10.5. The molecule has 0 saturated heterocycles. The number of sulfonamides is 1. The molecule has 2 heterocycles. The maximum absolute atomic E-state index is 13.5. The lowest BCUT2D eigenvalue weighted by atomic mass is 10.1. The van der Waals surface area contributed by atoms with Gasteiger partial charge in [0.15, 0.2) is 5.84 Å². The number of pyridine rings is 1. The predicted octanol–water partition coefficient (Wildman–Crippen LogP) is 2.77. The lowest BCUT2D eigenvalue weighted by molar-refractivity contribution is 0.0827. The van der Waals surface area contributed by atoms with Gasteiger partial charge in [0.1, 0.15) is 16.2 Å². The van der Waals surface area contributed by atoms with Crippen molar-refractivity contribution < 1.29 is 18.3 Å². The molecule has 2 aliphatic rings. The molecule has 1 aliphatic heterocycles. The van der Waals surface area contributed by atoms with Crippen LogP contribution in [0.1, 0.15) is 35.2 Å². The van der Waals surface area contributed by atoms with E-state index in [2.05, 4.69) is 9.71 Å². The SMILES string of the molecule is CN(C)C(=O)c1ccc2c(c1)S(=O)(=O)N=C(c1c(O)c3ccccc3n(CCC3CC3)c1=O)N2. The number of rotatable bonds is 5. The number of carbonyl (C=O) groups excluding carboxylic acids is 1. The first-order valence-corrected chi connectivity index (χ1v) is 12.4. The highest BCUT2D eigenvalue weighted by Crippen LogP contribution is 2.35. The van der Waals surface area contributed by atoms with Crippen LogP contribution in [0.4, 0.5) is 5.69 Å². The molecule has 176 valence electrons. The van der Waals surface area contributed by atoms with E-state index in [9.17, 15) is 23.1 Å². The molecule has 0 spiro atoms. The van der Waals surface area contributed by atoms with Crippen LogP contribution >= 0.6 is 0 Å². The van der Waals surface area contributed by atoms with Crippen LogP contribution in [0.5, 0.6) is 5.75 Å². The molecule has 2 aromatic carbocycles. The predicted molar refractivity (Wildman–Crippen MR) is 129 cm³/mol. The monoisotopic (exact) mass is 480 g/mol. The van der Waals surface area contributed by atoms with Gasteiger partial charge in [0.2, 0.25) is 0 Å². The van der Waals surface area contributed by atoms with E-state index in [0.29, 0.717) is 23.4 Å². The quantitative estimate of drug-likeness (QED) is 0.579. The number of aromatic hydroxyl groups is 1. The Bertz CT molecular complexity index is 1530. The lowest BCUT2D eigenvalue weighted by Gasteiger charge is -2.21. The van der Waals surface area contributed by atoms with Crippen LogP contribution in [-0.2, 0) is 16.6 Å². The number of amidine groups is 1. The van der Waals surface area contributed by atoms with Crippen LogP contribution in [0.15, 0.2) is 56.6 Å². The van der Waals surface area contributed by atoms with E-state index in [0.717, 1.165) is 19.3 Å². The van der Waals surface area contributed by atoms with Gasteiger partial charge in [-0.1, -0.05) is 25.0 Å². The highest BCUT2D eigenvalue weighted by Gasteiger charge is 2.31. The second-order valence-electron chi connectivity index (χ2n) is 8.88. The summed E-state index contributed by atoms with van der Waals surface area (Å²) in [6.07, 6.45) is 3.11. The largest absolute Gasteiger partial charge is 0.506 e. The highest BCUT2D eigenvalue weighted by atomic mass is 32.2. The molecular formula is C24H24N4O5S. The van der Waals surface area contributed by atoms with E-state index in [1.807, 2.05) is 0 Å². The molecule has 0 atom stereocenters. The van der Waals surface area contributed by atoms with Crippen LogP contribution in [0.2, 0.25) is 0 Å². The molecule has 0 radical (unpaired) electrons. The van der Waals surface area contributed by atoms with Gasteiger partial charge in [-0.3, -0.25) is 9.59 Å². The Kier molecular flexibility index (Phi) is 5.20. The summed E-state index contributed by atoms with van der Waals surface area (Å²) in [6, 6.07) is 11.2. The Labute approximate surface area is 196 Å². The van der Waals surface area contributed by atoms with E-state index in [1.54, 1.807) is 42.9 Å². The van der Waals surface area contributed by atoms with Gasteiger partial charge in [-0.05, 0) is 42.7 Å². The van der Waals surface area contributed by atoms with E-state index >= 15 is 0 Å². The minimum absolute atomic E-state index is 0.168. The number of fused-ring (bicyclic) bond motifs is 2. The third kappa shape index (κ3) is 3.73. The van der Waals surface area contributed by atoms with E-state index in [4.69, 9.17) is 0 Å². The average molecular weight is 481 g/mol. The number of hydrogen-bond acceptors (Lipinski definition) is 6. The number of nitrogens with zero attached hydrogens (tertiary/aromatic N) is 3. The summed E-state index contributed by atoms with van der Waals surface area (Å²) in [6.45, 7) is 0.462. The highest BCUT2D eigenvalue weighted by molar-refractivity contribution is 7.90. The number of amides is 1. The summed E-state index contributed by atoms with van der Waals surface area (Å²) in [5.41, 5.74) is 0.250. The van der Waals surface area contributed by atoms with Crippen LogP contribution in [0, 0.1) is 5.92 Å². The average Bonchev–Trinajstić information content (AvgIpc) is 3.62. The van der Waals surface area contributed by atoms with Crippen LogP contribution in [0.25, 0.3) is 10.9 Å². The van der Waals surface area contributed by atoms with E-state index in [-0.39, 0.29) is 39.2 Å². The van der Waals surface area contributed by atoms with Crippen LogP contribution in [0.3, 0.4) is 0 Å². The van der Waals surface area contributed by atoms with Crippen molar-refractivity contribution in [3.8, 4) is 5.75 Å². The number of hydrogen-bond donors (Lipinski definition) is 2. The fourth-order valence-corrected chi connectivity index (χ4v) is 5.35. The zero-order valence-electron chi connectivity index (χ0n) is 18.8. The van der Waals surface area contributed by atoms with Gasteiger partial charge in [-0.25, -0.2) is 0 Å². The maximum Gasteiger partial charge on any atom is 0.286 e. The van der Waals surface area contributed by atoms with Gasteiger partial charge in [-0.2, -0.15) is 8.42 Å². The topological polar surface area (TPSA) is 121 Å². The summed E-state index contributed by atoms with van der Waals surface area (Å²) < 4.78 is 31.5. The molecule has 0 bridgehead atoms. The Hall–Kier alpha value is -3.66. The summed E-state index contributed by atoms with van der Waals surface area (Å²) >= 11 is 0. The second kappa shape index (κ2) is 7.98. The van der Waals surface area contributed by atoms with Crippen LogP contribution in [-0.4, -0.2) is 48.8 Å². The summed E-state index contributed by atoms with van der Waals surface area (Å²) in [4.78, 5) is 27.0. The fourth-order valence-electron chi connectivity index (χ4n) is 4.20. The molecular weight excluding hydrogens is 456 g/mol. The van der Waals surface area contributed by atoms with Crippen molar-refractivity contribution >= 4 is 38.4 Å². The Morgan fingerprint density at radius 2 is 1.94 bits per heavy atom. The zero-order valence-corrected chi connectivity index (χ0v) is 19.6. The van der Waals surface area contributed by atoms with Crippen molar-refractivity contribution in [1.82, 2.24) is 9.47 Å². The smallest absolute Gasteiger partial charge is 0.286 e. The number of carbonyl (C=O) groups is 1. The van der Waals surface area contributed by atoms with Crippen molar-refractivity contribution in [1.29, 1.82) is 0 Å². The Morgan fingerprint density at radius 1 is 1.21 bits per heavy atom. The summed E-state index contributed by atoms with van der Waals surface area (Å²) in [7, 11) is -1.10. The lowest BCUT2D eigenvalue weighted by Crippen LogP contribution is -2.33. The molecule has 5 rings (SSSR count). The number of anilines is 1. The fraction of sp³-hybridized carbons (Fsp3) is 0.292. The van der Waals surface area contributed by atoms with Gasteiger partial charge >= 0.3 is 0 Å². The first-order valence-electron chi connectivity index (χ1n) is 11.0. The zero-order chi connectivity index (χ0) is 24.2. The van der Waals surface area contributed by atoms with Crippen molar-refractivity contribution in [2.45, 2.75) is 30.7 Å². The molecule has 9 nitrogen and oxygen atoms in total. The van der Waals surface area contributed by atoms with Crippen molar-refractivity contribution in [3.05, 3.63) is 63.9 Å².